The smallest absolute Gasteiger partial charge is 0.321 e. The number of urea groups is 1. The summed E-state index contributed by atoms with van der Waals surface area (Å²) in [5, 5.41) is 14.8. The van der Waals surface area contributed by atoms with Gasteiger partial charge in [0.25, 0.3) is 0 Å². The maximum Gasteiger partial charge on any atom is 0.321 e. The summed E-state index contributed by atoms with van der Waals surface area (Å²) in [6.07, 6.45) is 4.71. The van der Waals surface area contributed by atoms with E-state index in [1.165, 1.54) is 17.7 Å². The minimum atomic E-state index is -0.324. The summed E-state index contributed by atoms with van der Waals surface area (Å²) in [4.78, 5) is 29.1. The molecular weight excluding hydrogens is 344 g/mol. The van der Waals surface area contributed by atoms with Gasteiger partial charge in [-0.2, -0.15) is 0 Å². The molecule has 2 amide bonds. The largest absolute Gasteiger partial charge is 0.475 e. The third kappa shape index (κ3) is 3.98. The fourth-order valence-electron chi connectivity index (χ4n) is 2.10. The number of ether oxygens (including phenoxy) is 1. The lowest BCUT2D eigenvalue weighted by molar-refractivity contribution is 0.197. The molecule has 9 nitrogen and oxygen atoms in total. The predicted molar refractivity (Wildman–Crippen MR) is 93.7 cm³/mol. The molecular formula is C15H16N6O3S. The van der Waals surface area contributed by atoms with E-state index in [0.29, 0.717) is 33.5 Å². The third-order valence-electron chi connectivity index (χ3n) is 3.11. The average Bonchev–Trinajstić information content (AvgIpc) is 3.01. The van der Waals surface area contributed by atoms with Crippen molar-refractivity contribution < 1.29 is 14.6 Å². The number of aliphatic hydroxyl groups is 1. The Bertz CT molecular complexity index is 870. The molecule has 25 heavy (non-hydrogen) atoms. The zero-order chi connectivity index (χ0) is 17.6. The first-order valence-electron chi connectivity index (χ1n) is 7.56. The molecule has 0 aliphatic heterocycles. The van der Waals surface area contributed by atoms with E-state index in [0.717, 1.165) is 5.56 Å². The molecule has 130 valence electrons. The number of hydrogen-bond acceptors (Lipinski definition) is 8. The van der Waals surface area contributed by atoms with Crippen molar-refractivity contribution in [3.05, 3.63) is 24.8 Å². The summed E-state index contributed by atoms with van der Waals surface area (Å²) in [5.74, 6) is 0.351. The molecule has 3 aromatic rings. The highest BCUT2D eigenvalue weighted by Crippen LogP contribution is 2.34. The van der Waals surface area contributed by atoms with Crippen molar-refractivity contribution in [1.29, 1.82) is 0 Å². The summed E-state index contributed by atoms with van der Waals surface area (Å²) < 4.78 is 5.54. The van der Waals surface area contributed by atoms with Gasteiger partial charge in [-0.1, -0.05) is 11.3 Å². The number of carbonyl (C=O) groups excluding carboxylic acids is 1. The number of hydrogen-bond donors (Lipinski definition) is 3. The molecule has 3 rings (SSSR count). The van der Waals surface area contributed by atoms with Gasteiger partial charge in [-0.15, -0.1) is 0 Å². The fraction of sp³-hybridized carbons (Fsp3) is 0.267. The number of nitrogens with zero attached hydrogens (tertiary/aromatic N) is 4. The normalized spacial score (nSPS) is 10.6. The Hall–Kier alpha value is -2.85. The first kappa shape index (κ1) is 17.0. The molecule has 10 heteroatoms. The molecule has 0 saturated carbocycles. The van der Waals surface area contributed by atoms with Crippen LogP contribution in [-0.4, -0.2) is 50.8 Å². The summed E-state index contributed by atoms with van der Waals surface area (Å²) in [6.45, 7) is 2.34. The van der Waals surface area contributed by atoms with Gasteiger partial charge in [0, 0.05) is 30.1 Å². The second kappa shape index (κ2) is 7.81. The van der Waals surface area contributed by atoms with Crippen molar-refractivity contribution in [2.24, 2.45) is 0 Å². The Labute approximate surface area is 147 Å². The standard InChI is InChI=1S/C15H16N6O3S/c1-2-18-14(23)21-15-19-11-5-10(9-6-16-8-17-7-9)12(24-4-3-22)20-13(11)25-15/h5-8,22H,2-4H2,1H3,(H2,18,19,21,23). The van der Waals surface area contributed by atoms with E-state index in [-0.39, 0.29) is 19.2 Å². The number of aliphatic hydroxyl groups excluding tert-OH is 1. The maximum atomic E-state index is 11.6. The Morgan fingerprint density at radius 2 is 2.12 bits per heavy atom. The van der Waals surface area contributed by atoms with Crippen molar-refractivity contribution >= 4 is 32.8 Å². The monoisotopic (exact) mass is 360 g/mol. The second-order valence-electron chi connectivity index (χ2n) is 4.87. The van der Waals surface area contributed by atoms with E-state index < -0.39 is 0 Å². The summed E-state index contributed by atoms with van der Waals surface area (Å²) >= 11 is 1.24. The van der Waals surface area contributed by atoms with Gasteiger partial charge in [0.05, 0.1) is 6.61 Å². The molecule has 3 heterocycles. The van der Waals surface area contributed by atoms with Crippen LogP contribution in [0.15, 0.2) is 24.8 Å². The van der Waals surface area contributed by atoms with E-state index in [1.54, 1.807) is 18.5 Å². The van der Waals surface area contributed by atoms with Crippen molar-refractivity contribution in [3.63, 3.8) is 0 Å². The van der Waals surface area contributed by atoms with Crippen molar-refractivity contribution in [2.75, 3.05) is 25.1 Å². The number of thiazole rings is 1. The highest BCUT2D eigenvalue weighted by Gasteiger charge is 2.15. The molecule has 0 aliphatic rings. The minimum absolute atomic E-state index is 0.113. The fourth-order valence-corrected chi connectivity index (χ4v) is 2.91. The molecule has 0 radical (unpaired) electrons. The van der Waals surface area contributed by atoms with Gasteiger partial charge >= 0.3 is 6.03 Å². The first-order chi connectivity index (χ1) is 12.2. The number of aromatic nitrogens is 4. The van der Waals surface area contributed by atoms with Crippen LogP contribution < -0.4 is 15.4 Å². The Morgan fingerprint density at radius 3 is 2.84 bits per heavy atom. The number of carbonyl (C=O) groups is 1. The van der Waals surface area contributed by atoms with Crippen LogP contribution in [0.3, 0.4) is 0 Å². The lowest BCUT2D eigenvalue weighted by atomic mass is 10.1. The molecule has 0 aromatic carbocycles. The average molecular weight is 360 g/mol. The van der Waals surface area contributed by atoms with Gasteiger partial charge in [0.1, 0.15) is 23.3 Å². The molecule has 3 aromatic heterocycles. The number of nitrogens with one attached hydrogen (secondary N) is 2. The molecule has 0 bridgehead atoms. The number of fused-ring (bicyclic) bond motifs is 1. The minimum Gasteiger partial charge on any atom is -0.475 e. The molecule has 0 saturated heterocycles. The summed E-state index contributed by atoms with van der Waals surface area (Å²) in [5.41, 5.74) is 2.00. The molecule has 0 aliphatic carbocycles. The molecule has 0 unspecified atom stereocenters. The molecule has 3 N–H and O–H groups in total. The van der Waals surface area contributed by atoms with Gasteiger partial charge in [0.15, 0.2) is 5.13 Å². The number of pyridine rings is 1. The van der Waals surface area contributed by atoms with E-state index >= 15 is 0 Å². The molecule has 0 spiro atoms. The van der Waals surface area contributed by atoms with E-state index in [1.807, 2.05) is 6.92 Å². The van der Waals surface area contributed by atoms with Gasteiger partial charge < -0.3 is 15.2 Å². The van der Waals surface area contributed by atoms with Gasteiger partial charge in [-0.05, 0) is 13.0 Å². The third-order valence-corrected chi connectivity index (χ3v) is 3.99. The van der Waals surface area contributed by atoms with Gasteiger partial charge in [-0.25, -0.2) is 24.7 Å². The topological polar surface area (TPSA) is 122 Å². The van der Waals surface area contributed by atoms with Crippen LogP contribution in [0.1, 0.15) is 6.92 Å². The van der Waals surface area contributed by atoms with Gasteiger partial charge in [-0.3, -0.25) is 5.32 Å². The van der Waals surface area contributed by atoms with Crippen LogP contribution in [0.4, 0.5) is 9.93 Å². The lowest BCUT2D eigenvalue weighted by Crippen LogP contribution is -2.28. The Kier molecular flexibility index (Phi) is 5.31. The van der Waals surface area contributed by atoms with Crippen LogP contribution in [0, 0.1) is 0 Å². The zero-order valence-corrected chi connectivity index (χ0v) is 14.2. The quantitative estimate of drug-likeness (QED) is 0.611. The first-order valence-corrected chi connectivity index (χ1v) is 8.38. The number of amides is 2. The highest BCUT2D eigenvalue weighted by atomic mass is 32.1. The van der Waals surface area contributed by atoms with Crippen molar-refractivity contribution in [3.8, 4) is 17.0 Å². The van der Waals surface area contributed by atoms with E-state index in [2.05, 4.69) is 30.6 Å². The Morgan fingerprint density at radius 1 is 1.32 bits per heavy atom. The highest BCUT2D eigenvalue weighted by molar-refractivity contribution is 7.22. The van der Waals surface area contributed by atoms with Gasteiger partial charge in [0.2, 0.25) is 5.88 Å². The maximum absolute atomic E-state index is 11.6. The van der Waals surface area contributed by atoms with E-state index in [4.69, 9.17) is 9.84 Å². The molecule has 0 atom stereocenters. The molecule has 0 fully saturated rings. The van der Waals surface area contributed by atoms with Crippen LogP contribution in [-0.2, 0) is 0 Å². The summed E-state index contributed by atoms with van der Waals surface area (Å²) in [6, 6.07) is 1.47. The van der Waals surface area contributed by atoms with Crippen LogP contribution in [0.2, 0.25) is 0 Å². The second-order valence-corrected chi connectivity index (χ2v) is 5.85. The number of anilines is 1. The van der Waals surface area contributed by atoms with Crippen LogP contribution >= 0.6 is 11.3 Å². The summed E-state index contributed by atoms with van der Waals surface area (Å²) in [7, 11) is 0. The zero-order valence-electron chi connectivity index (χ0n) is 13.4. The lowest BCUT2D eigenvalue weighted by Gasteiger charge is -2.09. The van der Waals surface area contributed by atoms with Crippen molar-refractivity contribution in [1.82, 2.24) is 25.3 Å². The van der Waals surface area contributed by atoms with Crippen molar-refractivity contribution in [2.45, 2.75) is 6.92 Å². The predicted octanol–water partition coefficient (Wildman–Crippen LogP) is 1.66. The SMILES string of the molecule is CCNC(=O)Nc1nc2cc(-c3cncnc3)c(OCCO)nc2s1. The van der Waals surface area contributed by atoms with Crippen LogP contribution in [0.25, 0.3) is 21.5 Å². The van der Waals surface area contributed by atoms with Crippen LogP contribution in [0.5, 0.6) is 5.88 Å². The van der Waals surface area contributed by atoms with E-state index in [9.17, 15) is 4.79 Å². The Balaban J connectivity index is 2.00. The number of rotatable bonds is 6.